The van der Waals surface area contributed by atoms with Gasteiger partial charge in [0.15, 0.2) is 0 Å². The average molecular weight is 581 g/mol. The van der Waals surface area contributed by atoms with Crippen LogP contribution < -0.4 is 15.8 Å². The predicted molar refractivity (Wildman–Crippen MR) is 173 cm³/mol. The molecule has 2 aromatic carbocycles. The van der Waals surface area contributed by atoms with Crippen LogP contribution >= 0.6 is 11.3 Å². The summed E-state index contributed by atoms with van der Waals surface area (Å²) >= 11 is 1.74. The molecular weight excluding hydrogens is 544 g/mol. The van der Waals surface area contributed by atoms with Gasteiger partial charge in [0.25, 0.3) is 5.56 Å². The number of pyridine rings is 1. The summed E-state index contributed by atoms with van der Waals surface area (Å²) in [6.45, 7) is 9.40. The molecule has 1 amide bonds. The van der Waals surface area contributed by atoms with Gasteiger partial charge in [-0.1, -0.05) is 25.1 Å². The van der Waals surface area contributed by atoms with Crippen LogP contribution in [0.1, 0.15) is 26.2 Å². The lowest BCUT2D eigenvalue weighted by molar-refractivity contribution is -0.117. The number of aromatic nitrogens is 2. The molecule has 42 heavy (non-hydrogen) atoms. The summed E-state index contributed by atoms with van der Waals surface area (Å²) in [6, 6.07) is 18.2. The second kappa shape index (κ2) is 11.5. The van der Waals surface area contributed by atoms with Gasteiger partial charge in [-0.3, -0.25) is 18.9 Å². The molecule has 0 spiro atoms. The Bertz CT molecular complexity index is 1830. The highest BCUT2D eigenvalue weighted by Gasteiger charge is 2.20. The SMILES string of the molecule is CCN1CCN(CC(=O)Nc2ccc3sc4c(-c5cccn6c(=O)cc(N7CCCCC7)nc56)cccc4c3c2)CC1. The van der Waals surface area contributed by atoms with Crippen molar-refractivity contribution in [3.05, 3.63) is 71.1 Å². The number of likely N-dealkylation sites (N-methyl/N-ethyl adjacent to an activating group) is 1. The Morgan fingerprint density at radius 1 is 0.881 bits per heavy atom. The molecule has 1 N–H and O–H groups in total. The average Bonchev–Trinajstić information content (AvgIpc) is 3.40. The second-order valence-electron chi connectivity index (χ2n) is 11.4. The maximum absolute atomic E-state index is 13.2. The fourth-order valence-electron chi connectivity index (χ4n) is 6.36. The first kappa shape index (κ1) is 27.1. The highest BCUT2D eigenvalue weighted by atomic mass is 32.1. The van der Waals surface area contributed by atoms with Gasteiger partial charge in [-0.2, -0.15) is 0 Å². The third-order valence-electron chi connectivity index (χ3n) is 8.71. The van der Waals surface area contributed by atoms with Gasteiger partial charge < -0.3 is 15.1 Å². The number of rotatable bonds is 6. The molecule has 8 nitrogen and oxygen atoms in total. The maximum atomic E-state index is 13.2. The molecule has 0 bridgehead atoms. The number of carbonyl (C=O) groups is 1. The maximum Gasteiger partial charge on any atom is 0.259 e. The van der Waals surface area contributed by atoms with Crippen molar-refractivity contribution in [3.63, 3.8) is 0 Å². The topological polar surface area (TPSA) is 73.2 Å². The monoisotopic (exact) mass is 580 g/mol. The fraction of sp³-hybridized carbons (Fsp3) is 0.364. The zero-order valence-electron chi connectivity index (χ0n) is 24.0. The van der Waals surface area contributed by atoms with Crippen LogP contribution in [-0.4, -0.2) is 77.4 Å². The lowest BCUT2D eigenvalue weighted by Gasteiger charge is -2.33. The van der Waals surface area contributed by atoms with Gasteiger partial charge in [-0.25, -0.2) is 4.98 Å². The van der Waals surface area contributed by atoms with E-state index in [1.165, 1.54) is 6.42 Å². The van der Waals surface area contributed by atoms with E-state index in [9.17, 15) is 9.59 Å². The molecule has 5 heterocycles. The number of amides is 1. The summed E-state index contributed by atoms with van der Waals surface area (Å²) < 4.78 is 3.96. The molecule has 5 aromatic rings. The summed E-state index contributed by atoms with van der Waals surface area (Å²) in [5.41, 5.74) is 3.45. The van der Waals surface area contributed by atoms with Crippen molar-refractivity contribution in [3.8, 4) is 11.1 Å². The molecule has 0 aliphatic carbocycles. The number of piperazine rings is 1. The van der Waals surface area contributed by atoms with Gasteiger partial charge in [0.1, 0.15) is 11.5 Å². The quantitative estimate of drug-likeness (QED) is 0.294. The number of carbonyl (C=O) groups excluding carboxylic acids is 1. The first-order chi connectivity index (χ1) is 20.6. The number of thiophene rings is 1. The molecule has 2 aliphatic heterocycles. The van der Waals surface area contributed by atoms with E-state index in [0.717, 1.165) is 101 Å². The summed E-state index contributed by atoms with van der Waals surface area (Å²) in [5.74, 6) is 0.791. The molecule has 2 aliphatic rings. The lowest BCUT2D eigenvalue weighted by atomic mass is 10.0. The van der Waals surface area contributed by atoms with E-state index in [0.29, 0.717) is 12.2 Å². The van der Waals surface area contributed by atoms with E-state index in [2.05, 4.69) is 63.3 Å². The summed E-state index contributed by atoms with van der Waals surface area (Å²) in [7, 11) is 0. The molecule has 0 atom stereocenters. The highest BCUT2D eigenvalue weighted by Crippen LogP contribution is 2.41. The van der Waals surface area contributed by atoms with Crippen LogP contribution in [0.4, 0.5) is 11.5 Å². The number of hydrogen-bond donors (Lipinski definition) is 1. The number of anilines is 2. The van der Waals surface area contributed by atoms with Crippen LogP contribution in [0.2, 0.25) is 0 Å². The van der Waals surface area contributed by atoms with Crippen LogP contribution in [0.25, 0.3) is 36.9 Å². The number of benzene rings is 2. The van der Waals surface area contributed by atoms with Gasteiger partial charge in [-0.05, 0) is 56.1 Å². The number of fused-ring (bicyclic) bond motifs is 4. The third-order valence-corrected chi connectivity index (χ3v) is 9.93. The van der Waals surface area contributed by atoms with E-state index in [1.807, 2.05) is 12.1 Å². The Labute approximate surface area is 249 Å². The van der Waals surface area contributed by atoms with Crippen molar-refractivity contribution in [2.45, 2.75) is 26.2 Å². The normalized spacial score (nSPS) is 16.9. The van der Waals surface area contributed by atoms with Crippen molar-refractivity contribution in [2.75, 3.05) is 62.6 Å². The third kappa shape index (κ3) is 5.17. The van der Waals surface area contributed by atoms with Crippen molar-refractivity contribution in [2.24, 2.45) is 0 Å². The minimum atomic E-state index is -0.0569. The van der Waals surface area contributed by atoms with E-state index in [4.69, 9.17) is 4.98 Å². The van der Waals surface area contributed by atoms with E-state index in [-0.39, 0.29) is 11.5 Å². The molecule has 2 fully saturated rings. The van der Waals surface area contributed by atoms with E-state index < -0.39 is 0 Å². The van der Waals surface area contributed by atoms with Crippen molar-refractivity contribution >= 4 is 54.6 Å². The van der Waals surface area contributed by atoms with Crippen molar-refractivity contribution in [1.82, 2.24) is 19.2 Å². The van der Waals surface area contributed by atoms with Crippen LogP contribution in [0.5, 0.6) is 0 Å². The Hall–Kier alpha value is -3.79. The van der Waals surface area contributed by atoms with Crippen LogP contribution in [-0.2, 0) is 4.79 Å². The Morgan fingerprint density at radius 2 is 1.67 bits per heavy atom. The molecule has 3 aromatic heterocycles. The molecule has 9 heteroatoms. The number of nitrogens with zero attached hydrogens (tertiary/aromatic N) is 5. The van der Waals surface area contributed by atoms with Gasteiger partial charge >= 0.3 is 0 Å². The lowest BCUT2D eigenvalue weighted by Crippen LogP contribution is -2.48. The minimum Gasteiger partial charge on any atom is -0.356 e. The summed E-state index contributed by atoms with van der Waals surface area (Å²) in [4.78, 5) is 38.0. The first-order valence-corrected chi connectivity index (χ1v) is 15.9. The van der Waals surface area contributed by atoms with Gasteiger partial charge in [0.05, 0.1) is 6.54 Å². The first-order valence-electron chi connectivity index (χ1n) is 15.0. The molecular formula is C33H36N6O2S. The van der Waals surface area contributed by atoms with Gasteiger partial charge in [0, 0.05) is 88.5 Å². The molecule has 0 unspecified atom stereocenters. The standard InChI is InChI=1S/C33H36N6O2S/c1-2-36-16-18-37(19-17-36)22-30(40)34-23-11-12-28-27(20-23)25-9-6-8-24(32(25)42-28)26-10-7-15-39-31(41)21-29(35-33(26)39)38-13-4-3-5-14-38/h6-12,15,20-21H,2-5,13-14,16-19,22H2,1H3,(H,34,40). The van der Waals surface area contributed by atoms with E-state index >= 15 is 0 Å². The molecule has 216 valence electrons. The van der Waals surface area contributed by atoms with Gasteiger partial charge in [-0.15, -0.1) is 11.3 Å². The molecule has 7 rings (SSSR count). The molecule has 0 radical (unpaired) electrons. The van der Waals surface area contributed by atoms with E-state index in [1.54, 1.807) is 28.0 Å². The minimum absolute atomic E-state index is 0.0244. The zero-order chi connectivity index (χ0) is 28.6. The second-order valence-corrected chi connectivity index (χ2v) is 12.4. The summed E-state index contributed by atoms with van der Waals surface area (Å²) in [6.07, 6.45) is 5.28. The number of piperidine rings is 1. The largest absolute Gasteiger partial charge is 0.356 e. The highest BCUT2D eigenvalue weighted by molar-refractivity contribution is 7.26. The Morgan fingerprint density at radius 3 is 2.48 bits per heavy atom. The molecule has 0 saturated carbocycles. The fourth-order valence-corrected chi connectivity index (χ4v) is 7.57. The Balaban J connectivity index is 1.22. The molecule has 2 saturated heterocycles. The van der Waals surface area contributed by atoms with Crippen molar-refractivity contribution in [1.29, 1.82) is 0 Å². The zero-order valence-corrected chi connectivity index (χ0v) is 24.8. The number of nitrogens with one attached hydrogen (secondary N) is 1. The number of hydrogen-bond acceptors (Lipinski definition) is 7. The van der Waals surface area contributed by atoms with Crippen LogP contribution in [0.15, 0.2) is 65.6 Å². The van der Waals surface area contributed by atoms with Gasteiger partial charge in [0.2, 0.25) is 5.91 Å². The van der Waals surface area contributed by atoms with Crippen LogP contribution in [0.3, 0.4) is 0 Å². The Kier molecular flexibility index (Phi) is 7.39. The summed E-state index contributed by atoms with van der Waals surface area (Å²) in [5, 5.41) is 5.38. The van der Waals surface area contributed by atoms with Crippen LogP contribution in [0, 0.1) is 0 Å². The predicted octanol–water partition coefficient (Wildman–Crippen LogP) is 5.30. The smallest absolute Gasteiger partial charge is 0.259 e. The van der Waals surface area contributed by atoms with Crippen molar-refractivity contribution < 1.29 is 4.79 Å².